The molecule has 5 amide bonds. The minimum Gasteiger partial charge on any atom is -0.427 e. The minimum absolute atomic E-state index is 0.000878. The van der Waals surface area contributed by atoms with Gasteiger partial charge in [0.1, 0.15) is 0 Å². The zero-order chi connectivity index (χ0) is 24.6. The van der Waals surface area contributed by atoms with Gasteiger partial charge < -0.3 is 20.3 Å². The van der Waals surface area contributed by atoms with Crippen molar-refractivity contribution in [3.05, 3.63) is 65.2 Å². The number of hydrogen-bond acceptors (Lipinski definition) is 5. The fourth-order valence-corrected chi connectivity index (χ4v) is 5.60. The van der Waals surface area contributed by atoms with Crippen LogP contribution in [0.15, 0.2) is 48.5 Å². The molecule has 1 spiro atoms. The molecule has 1 aliphatic carbocycles. The molecule has 2 aromatic rings. The van der Waals surface area contributed by atoms with Gasteiger partial charge in [0, 0.05) is 37.7 Å². The number of amides is 5. The largest absolute Gasteiger partial charge is 0.427 e. The van der Waals surface area contributed by atoms with Crippen LogP contribution in [0.5, 0.6) is 0 Å². The number of nitrogens with one attached hydrogen (secondary N) is 3. The van der Waals surface area contributed by atoms with Crippen LogP contribution in [-0.4, -0.2) is 42.4 Å². The van der Waals surface area contributed by atoms with Gasteiger partial charge in [-0.15, -0.1) is 0 Å². The maximum Gasteiger partial charge on any atom is 0.415 e. The summed E-state index contributed by atoms with van der Waals surface area (Å²) in [7, 11) is 1.52. The van der Waals surface area contributed by atoms with E-state index >= 15 is 0 Å². The number of urea groups is 1. The quantitative estimate of drug-likeness (QED) is 0.624. The van der Waals surface area contributed by atoms with E-state index < -0.39 is 17.6 Å². The van der Waals surface area contributed by atoms with Crippen molar-refractivity contribution in [1.82, 2.24) is 15.5 Å². The van der Waals surface area contributed by atoms with Gasteiger partial charge in [-0.2, -0.15) is 0 Å². The van der Waals surface area contributed by atoms with Crippen LogP contribution in [0.4, 0.5) is 15.3 Å². The average molecular weight is 477 g/mol. The molecule has 0 saturated carbocycles. The van der Waals surface area contributed by atoms with Crippen molar-refractivity contribution < 1.29 is 23.9 Å². The molecule has 3 N–H and O–H groups in total. The van der Waals surface area contributed by atoms with E-state index in [1.54, 1.807) is 18.2 Å². The number of alkyl carbamates (subject to hydrolysis) is 1. The molecule has 0 bridgehead atoms. The van der Waals surface area contributed by atoms with E-state index in [0.717, 1.165) is 30.4 Å². The number of carbonyl (C=O) groups excluding carboxylic acids is 4. The molecule has 3 aliphatic rings. The first-order valence-corrected chi connectivity index (χ1v) is 11.9. The number of imide groups is 1. The molecule has 0 aromatic heterocycles. The maximum atomic E-state index is 13.6. The van der Waals surface area contributed by atoms with E-state index in [9.17, 15) is 19.2 Å². The van der Waals surface area contributed by atoms with Crippen molar-refractivity contribution in [2.24, 2.45) is 0 Å². The molecule has 9 heteroatoms. The highest BCUT2D eigenvalue weighted by molar-refractivity contribution is 6.04. The standard InChI is InChI=1S/C26H28N4O5/c1-27-24(33)28-18-10-11-20-19(14-18)17(15-26(20)23(32)29-25(34)35-26)13-22(31)30-12-6-5-9-21(30)16-7-3-2-4-8-16/h2-4,7-8,10-11,14,17,21H,5-6,9,12-13,15H2,1H3,(H2,27,28,33)(H,29,32,34)/t17?,21-,26+/m0/s1. The third-order valence-corrected chi connectivity index (χ3v) is 7.22. The van der Waals surface area contributed by atoms with E-state index in [-0.39, 0.29) is 36.7 Å². The summed E-state index contributed by atoms with van der Waals surface area (Å²) >= 11 is 0. The Morgan fingerprint density at radius 1 is 1.14 bits per heavy atom. The molecule has 2 aliphatic heterocycles. The lowest BCUT2D eigenvalue weighted by molar-refractivity contribution is -0.137. The number of hydrogen-bond donors (Lipinski definition) is 3. The van der Waals surface area contributed by atoms with E-state index in [1.165, 1.54) is 7.05 Å². The highest BCUT2D eigenvalue weighted by Crippen LogP contribution is 2.51. The summed E-state index contributed by atoms with van der Waals surface area (Å²) in [5.74, 6) is -0.870. The Balaban J connectivity index is 1.45. The van der Waals surface area contributed by atoms with E-state index in [1.807, 2.05) is 23.1 Å². The molecule has 0 radical (unpaired) electrons. The molecule has 9 nitrogen and oxygen atoms in total. The average Bonchev–Trinajstić information content (AvgIpc) is 3.33. The van der Waals surface area contributed by atoms with Crippen molar-refractivity contribution in [1.29, 1.82) is 0 Å². The van der Waals surface area contributed by atoms with Crippen LogP contribution in [0.2, 0.25) is 0 Å². The monoisotopic (exact) mass is 476 g/mol. The highest BCUT2D eigenvalue weighted by Gasteiger charge is 2.57. The molecule has 3 atom stereocenters. The highest BCUT2D eigenvalue weighted by atomic mass is 16.6. The first-order valence-electron chi connectivity index (χ1n) is 11.9. The molecule has 5 rings (SSSR count). The number of rotatable bonds is 4. The zero-order valence-electron chi connectivity index (χ0n) is 19.5. The Morgan fingerprint density at radius 2 is 1.94 bits per heavy atom. The van der Waals surface area contributed by atoms with Crippen LogP contribution in [-0.2, 0) is 19.9 Å². The number of benzene rings is 2. The van der Waals surface area contributed by atoms with Gasteiger partial charge in [0.05, 0.1) is 6.04 Å². The van der Waals surface area contributed by atoms with Gasteiger partial charge in [-0.1, -0.05) is 36.4 Å². The van der Waals surface area contributed by atoms with Crippen LogP contribution in [0.3, 0.4) is 0 Å². The first kappa shape index (κ1) is 22.9. The van der Waals surface area contributed by atoms with Crippen molar-refractivity contribution in [3.63, 3.8) is 0 Å². The van der Waals surface area contributed by atoms with Crippen molar-refractivity contribution in [2.45, 2.75) is 49.7 Å². The first-order chi connectivity index (χ1) is 16.9. The van der Waals surface area contributed by atoms with Crippen LogP contribution in [0.25, 0.3) is 0 Å². The lowest BCUT2D eigenvalue weighted by Crippen LogP contribution is -2.39. The van der Waals surface area contributed by atoms with Crippen LogP contribution >= 0.6 is 0 Å². The SMILES string of the molecule is CNC(=O)Nc1ccc2c(c1)C(CC(=O)N1CCCC[C@H]1c1ccccc1)C[C@@]21OC(=O)NC1=O. The molecule has 2 aromatic carbocycles. The molecule has 35 heavy (non-hydrogen) atoms. The number of piperidine rings is 1. The number of anilines is 1. The lowest BCUT2D eigenvalue weighted by Gasteiger charge is -2.37. The summed E-state index contributed by atoms with van der Waals surface area (Å²) in [6.07, 6.45) is 2.47. The second-order valence-corrected chi connectivity index (χ2v) is 9.29. The second-order valence-electron chi connectivity index (χ2n) is 9.29. The van der Waals surface area contributed by atoms with E-state index in [0.29, 0.717) is 17.8 Å². The predicted octanol–water partition coefficient (Wildman–Crippen LogP) is 3.53. The molecular weight excluding hydrogens is 448 g/mol. The fraction of sp³-hybridized carbons (Fsp3) is 0.385. The van der Waals surface area contributed by atoms with Gasteiger partial charge >= 0.3 is 12.1 Å². The number of fused-ring (bicyclic) bond motifs is 2. The summed E-state index contributed by atoms with van der Waals surface area (Å²) in [4.78, 5) is 52.2. The Hall–Kier alpha value is -3.88. The Labute approximate surface area is 203 Å². The molecule has 182 valence electrons. The third-order valence-electron chi connectivity index (χ3n) is 7.22. The maximum absolute atomic E-state index is 13.6. The summed E-state index contributed by atoms with van der Waals surface area (Å²) in [6, 6.07) is 14.8. The molecular formula is C26H28N4O5. The number of ether oxygens (including phenoxy) is 1. The van der Waals surface area contributed by atoms with E-state index in [4.69, 9.17) is 4.74 Å². The van der Waals surface area contributed by atoms with Gasteiger partial charge in [-0.3, -0.25) is 14.9 Å². The van der Waals surface area contributed by atoms with Gasteiger partial charge in [0.15, 0.2) is 0 Å². The second kappa shape index (κ2) is 9.05. The molecule has 2 heterocycles. The predicted molar refractivity (Wildman–Crippen MR) is 128 cm³/mol. The van der Waals surface area contributed by atoms with Crippen molar-refractivity contribution in [3.8, 4) is 0 Å². The normalized spacial score (nSPS) is 25.1. The summed E-state index contributed by atoms with van der Waals surface area (Å²) in [5, 5.41) is 7.47. The smallest absolute Gasteiger partial charge is 0.415 e. The Morgan fingerprint density at radius 3 is 2.66 bits per heavy atom. The van der Waals surface area contributed by atoms with Gasteiger partial charge in [0.2, 0.25) is 11.5 Å². The molecule has 2 fully saturated rings. The van der Waals surface area contributed by atoms with Gasteiger partial charge in [-0.25, -0.2) is 9.59 Å². The third kappa shape index (κ3) is 4.11. The lowest BCUT2D eigenvalue weighted by atomic mass is 9.91. The van der Waals surface area contributed by atoms with Gasteiger partial charge in [0.25, 0.3) is 5.91 Å². The van der Waals surface area contributed by atoms with Crippen LogP contribution < -0.4 is 16.0 Å². The van der Waals surface area contributed by atoms with Gasteiger partial charge in [-0.05, 0) is 48.4 Å². The minimum atomic E-state index is -1.45. The number of nitrogens with zero attached hydrogens (tertiary/aromatic N) is 1. The number of carbonyl (C=O) groups is 4. The molecule has 2 saturated heterocycles. The topological polar surface area (TPSA) is 117 Å². The Bertz CT molecular complexity index is 1180. The molecule has 1 unspecified atom stereocenters. The van der Waals surface area contributed by atoms with Crippen molar-refractivity contribution >= 4 is 29.6 Å². The summed E-state index contributed by atoms with van der Waals surface area (Å²) in [6.45, 7) is 0.677. The van der Waals surface area contributed by atoms with E-state index in [2.05, 4.69) is 28.1 Å². The van der Waals surface area contributed by atoms with Crippen molar-refractivity contribution in [2.75, 3.05) is 18.9 Å². The van der Waals surface area contributed by atoms with Crippen LogP contribution in [0, 0.1) is 0 Å². The summed E-state index contributed by atoms with van der Waals surface area (Å²) in [5.41, 5.74) is 1.47. The van der Waals surface area contributed by atoms with Crippen LogP contribution in [0.1, 0.15) is 60.8 Å². The zero-order valence-corrected chi connectivity index (χ0v) is 19.5. The Kier molecular flexibility index (Phi) is 5.92. The number of likely N-dealkylation sites (tertiary alicyclic amines) is 1. The summed E-state index contributed by atoms with van der Waals surface area (Å²) < 4.78 is 5.51. The fourth-order valence-electron chi connectivity index (χ4n) is 5.60.